The van der Waals surface area contributed by atoms with E-state index < -0.39 is 0 Å². The Kier molecular flexibility index (Phi) is 8.55. The Bertz CT molecular complexity index is 3580. The van der Waals surface area contributed by atoms with E-state index in [1.807, 2.05) is 11.3 Å². The normalized spacial score (nSPS) is 15.6. The Morgan fingerprint density at radius 1 is 0.471 bits per heavy atom. The average Bonchev–Trinajstić information content (AvgIpc) is 3.90. The van der Waals surface area contributed by atoms with Crippen molar-refractivity contribution in [2.45, 2.75) is 90.9 Å². The van der Waals surface area contributed by atoms with E-state index in [9.17, 15) is 0 Å². The van der Waals surface area contributed by atoms with E-state index in [2.05, 4.69) is 243 Å². The standard InChI is InChI=1S/C64H57BN2S/c1-61(2,3)40-25-29-42(30-26-40)66-54-36-47-45-21-15-17-23-51(45)64(9,10)57(47)56-48-35-46-44-20-14-16-22-50(44)63(7,8)52(46)37-53(48)67(43-31-27-41(28-32-43)62(4,5)6)65(58(54)56)60-59(66)49-34-39(24-33-55(49)68-60)38-18-12-11-13-19-38/h11-37H,1-10H3. The van der Waals surface area contributed by atoms with Gasteiger partial charge in [-0.3, -0.25) is 0 Å². The predicted octanol–water partition coefficient (Wildman–Crippen LogP) is 16.5. The SMILES string of the molecule is CC(C)(C)c1ccc(N2B3c4sc5ccc(-c6ccccc6)cc5c4N(c4ccc(C(C)(C)C)cc4)c4cc5c(c(c43)-c3cc4c(cc32)C(C)(C)c2ccccc2-4)C(C)(C)c2ccccc2-5)cc1. The van der Waals surface area contributed by atoms with E-state index in [0.717, 1.165) is 0 Å². The molecule has 2 aliphatic heterocycles. The molecule has 2 aliphatic carbocycles. The molecule has 0 bridgehead atoms. The van der Waals surface area contributed by atoms with E-state index in [1.54, 1.807) is 0 Å². The van der Waals surface area contributed by atoms with Crippen LogP contribution in [0.2, 0.25) is 0 Å². The third-order valence-corrected chi connectivity index (χ3v) is 17.3. The van der Waals surface area contributed by atoms with Crippen molar-refractivity contribution in [3.05, 3.63) is 197 Å². The van der Waals surface area contributed by atoms with Crippen LogP contribution in [-0.4, -0.2) is 6.85 Å². The highest BCUT2D eigenvalue weighted by Crippen LogP contribution is 2.61. The first-order valence-electron chi connectivity index (χ1n) is 24.5. The fourth-order valence-electron chi connectivity index (χ4n) is 12.6. The molecule has 2 nitrogen and oxygen atoms in total. The molecule has 0 spiro atoms. The molecule has 0 saturated carbocycles. The number of rotatable bonds is 3. The van der Waals surface area contributed by atoms with Crippen LogP contribution in [-0.2, 0) is 21.7 Å². The van der Waals surface area contributed by atoms with Crippen LogP contribution >= 0.6 is 11.3 Å². The molecule has 68 heavy (non-hydrogen) atoms. The van der Waals surface area contributed by atoms with Crippen molar-refractivity contribution in [2.24, 2.45) is 0 Å². The van der Waals surface area contributed by atoms with Crippen LogP contribution < -0.4 is 20.0 Å². The van der Waals surface area contributed by atoms with Gasteiger partial charge >= 0.3 is 6.85 Å². The maximum absolute atomic E-state index is 2.75. The van der Waals surface area contributed by atoms with Crippen LogP contribution in [0, 0.1) is 0 Å². The molecule has 0 unspecified atom stereocenters. The first kappa shape index (κ1) is 41.6. The zero-order valence-corrected chi connectivity index (χ0v) is 41.8. The van der Waals surface area contributed by atoms with Crippen molar-refractivity contribution >= 4 is 66.9 Å². The maximum atomic E-state index is 2.75. The second-order valence-electron chi connectivity index (χ2n) is 23.0. The van der Waals surface area contributed by atoms with Crippen molar-refractivity contribution in [3.8, 4) is 44.5 Å². The molecule has 3 heterocycles. The maximum Gasteiger partial charge on any atom is 0.343 e. The van der Waals surface area contributed by atoms with Crippen LogP contribution in [0.5, 0.6) is 0 Å². The highest BCUT2D eigenvalue weighted by molar-refractivity contribution is 7.32. The van der Waals surface area contributed by atoms with Gasteiger partial charge in [0.1, 0.15) is 0 Å². The monoisotopic (exact) mass is 896 g/mol. The van der Waals surface area contributed by atoms with Crippen molar-refractivity contribution in [2.75, 3.05) is 9.71 Å². The van der Waals surface area contributed by atoms with Gasteiger partial charge in [-0.05, 0) is 143 Å². The van der Waals surface area contributed by atoms with Gasteiger partial charge in [0.2, 0.25) is 0 Å². The Labute approximate surface area is 407 Å². The van der Waals surface area contributed by atoms with E-state index in [0.29, 0.717) is 0 Å². The number of thiophene rings is 1. The van der Waals surface area contributed by atoms with E-state index in [-0.39, 0.29) is 28.5 Å². The van der Waals surface area contributed by atoms with Crippen LogP contribution in [0.3, 0.4) is 0 Å². The summed E-state index contributed by atoms with van der Waals surface area (Å²) in [5.74, 6) is 0. The lowest BCUT2D eigenvalue weighted by atomic mass is 9.45. The van der Waals surface area contributed by atoms with E-state index in [1.165, 1.54) is 127 Å². The molecular formula is C64H57BN2S. The number of hydrogen-bond donors (Lipinski definition) is 0. The lowest BCUT2D eigenvalue weighted by Gasteiger charge is -2.46. The Morgan fingerprint density at radius 3 is 1.71 bits per heavy atom. The van der Waals surface area contributed by atoms with Crippen molar-refractivity contribution in [1.82, 2.24) is 0 Å². The molecule has 0 saturated heterocycles. The van der Waals surface area contributed by atoms with Gasteiger partial charge < -0.3 is 9.71 Å². The van der Waals surface area contributed by atoms with Crippen molar-refractivity contribution in [3.63, 3.8) is 0 Å². The minimum atomic E-state index is -0.241. The minimum Gasteiger partial charge on any atom is -0.376 e. The van der Waals surface area contributed by atoms with Gasteiger partial charge in [-0.15, -0.1) is 11.3 Å². The quantitative estimate of drug-likeness (QED) is 0.163. The fourth-order valence-corrected chi connectivity index (χ4v) is 13.8. The molecule has 8 aromatic carbocycles. The summed E-state index contributed by atoms with van der Waals surface area (Å²) in [7, 11) is 0. The Hall–Kier alpha value is -6.62. The summed E-state index contributed by atoms with van der Waals surface area (Å²) in [6, 6.07) is 63.4. The lowest BCUT2D eigenvalue weighted by Crippen LogP contribution is -2.61. The number of anilines is 5. The average molecular weight is 897 g/mol. The highest BCUT2D eigenvalue weighted by Gasteiger charge is 2.52. The summed E-state index contributed by atoms with van der Waals surface area (Å²) in [6.07, 6.45) is 0. The molecule has 0 atom stereocenters. The summed E-state index contributed by atoms with van der Waals surface area (Å²) in [4.78, 5) is 5.41. The molecular weight excluding hydrogens is 840 g/mol. The number of benzene rings is 8. The predicted molar refractivity (Wildman–Crippen MR) is 294 cm³/mol. The van der Waals surface area contributed by atoms with E-state index >= 15 is 0 Å². The third-order valence-electron chi connectivity index (χ3n) is 16.1. The van der Waals surface area contributed by atoms with Gasteiger partial charge in [-0.1, -0.05) is 178 Å². The van der Waals surface area contributed by atoms with Gasteiger partial charge in [0, 0.05) is 54.0 Å². The van der Waals surface area contributed by atoms with E-state index in [4.69, 9.17) is 0 Å². The van der Waals surface area contributed by atoms with Crippen LogP contribution in [0.15, 0.2) is 164 Å². The molecule has 0 amide bonds. The number of hydrogen-bond acceptors (Lipinski definition) is 3. The first-order chi connectivity index (χ1) is 32.5. The second-order valence-corrected chi connectivity index (χ2v) is 24.0. The summed E-state index contributed by atoms with van der Waals surface area (Å²) >= 11 is 1.98. The van der Waals surface area contributed by atoms with Crippen molar-refractivity contribution in [1.29, 1.82) is 0 Å². The molecule has 0 radical (unpaired) electrons. The van der Waals surface area contributed by atoms with Crippen LogP contribution in [0.25, 0.3) is 54.6 Å². The zero-order valence-electron chi connectivity index (χ0n) is 41.0. The molecule has 13 rings (SSSR count). The topological polar surface area (TPSA) is 6.48 Å². The Balaban J connectivity index is 1.20. The number of fused-ring (bicyclic) bond motifs is 13. The second kappa shape index (κ2) is 14.0. The molecule has 332 valence electrons. The third kappa shape index (κ3) is 5.70. The summed E-state index contributed by atoms with van der Waals surface area (Å²) in [5, 5.41) is 1.29. The minimum absolute atomic E-state index is 0.0264. The summed E-state index contributed by atoms with van der Waals surface area (Å²) < 4.78 is 2.68. The molecule has 4 aliphatic rings. The zero-order chi connectivity index (χ0) is 46.8. The van der Waals surface area contributed by atoms with Crippen LogP contribution in [0.1, 0.15) is 103 Å². The van der Waals surface area contributed by atoms with Crippen molar-refractivity contribution < 1.29 is 0 Å². The Morgan fingerprint density at radius 2 is 1.06 bits per heavy atom. The van der Waals surface area contributed by atoms with Gasteiger partial charge in [-0.25, -0.2) is 0 Å². The van der Waals surface area contributed by atoms with Crippen LogP contribution in [0.4, 0.5) is 28.4 Å². The molecule has 0 N–H and O–H groups in total. The molecule has 9 aromatic rings. The van der Waals surface area contributed by atoms with Gasteiger partial charge in [0.15, 0.2) is 0 Å². The highest BCUT2D eigenvalue weighted by atomic mass is 32.1. The first-order valence-corrected chi connectivity index (χ1v) is 25.4. The largest absolute Gasteiger partial charge is 0.376 e. The fraction of sp³-hybridized carbons (Fsp3) is 0.219. The summed E-state index contributed by atoms with van der Waals surface area (Å²) in [5.41, 5.74) is 26.2. The molecule has 4 heteroatoms. The van der Waals surface area contributed by atoms with Gasteiger partial charge in [-0.2, -0.15) is 0 Å². The van der Waals surface area contributed by atoms with Gasteiger partial charge in [0.05, 0.1) is 5.69 Å². The lowest BCUT2D eigenvalue weighted by molar-refractivity contribution is 0.590. The molecule has 1 aromatic heterocycles. The molecule has 0 fully saturated rings. The number of nitrogens with zero attached hydrogens (tertiary/aromatic N) is 2. The summed E-state index contributed by atoms with van der Waals surface area (Å²) in [6.45, 7) is 23.6. The smallest absolute Gasteiger partial charge is 0.343 e. The van der Waals surface area contributed by atoms with Gasteiger partial charge in [0.25, 0.3) is 0 Å².